The smallest absolute Gasteiger partial charge is 0.248 e. The number of aliphatic hydroxyl groups excluding tert-OH is 1. The van der Waals surface area contributed by atoms with Gasteiger partial charge in [0.2, 0.25) is 17.7 Å². The fraction of sp³-hybridized carbons (Fsp3) is 0.516. The molecule has 3 heterocycles. The topological polar surface area (TPSA) is 98.7 Å². The predicted octanol–water partition coefficient (Wildman–Crippen LogP) is 4.06. The SMILES string of the molecule is Cc1cccc(C)c1NC(=O)C1N([C@@H](CO)C(C)C)C(=O)[C@@H]2[C@H](C(=O)NCc3ccccc3)[C@]3(C)CCC12S3. The Kier molecular flexibility index (Phi) is 7.31. The Hall–Kier alpha value is -2.84. The van der Waals surface area contributed by atoms with Crippen molar-refractivity contribution in [3.63, 3.8) is 0 Å². The number of aliphatic hydroxyl groups is 1. The van der Waals surface area contributed by atoms with Crippen LogP contribution in [0.3, 0.4) is 0 Å². The van der Waals surface area contributed by atoms with Crippen LogP contribution in [-0.4, -0.2) is 55.9 Å². The van der Waals surface area contributed by atoms with Gasteiger partial charge in [0.1, 0.15) is 6.04 Å². The molecule has 7 nitrogen and oxygen atoms in total. The van der Waals surface area contributed by atoms with E-state index < -0.39 is 33.4 Å². The molecule has 5 rings (SSSR count). The first-order valence-corrected chi connectivity index (χ1v) is 14.7. The number of aryl methyl sites for hydroxylation is 2. The van der Waals surface area contributed by atoms with Gasteiger partial charge in [0.25, 0.3) is 0 Å². The van der Waals surface area contributed by atoms with Crippen LogP contribution in [0, 0.1) is 31.6 Å². The number of para-hydroxylation sites is 1. The van der Waals surface area contributed by atoms with Gasteiger partial charge in [-0.05, 0) is 56.2 Å². The number of rotatable bonds is 8. The van der Waals surface area contributed by atoms with E-state index in [1.54, 1.807) is 16.7 Å². The first kappa shape index (κ1) is 27.7. The molecular weight excluding hydrogens is 510 g/mol. The van der Waals surface area contributed by atoms with Gasteiger partial charge in [-0.25, -0.2) is 0 Å². The lowest BCUT2D eigenvalue weighted by atomic mass is 9.66. The molecule has 0 aromatic heterocycles. The first-order valence-electron chi connectivity index (χ1n) is 13.9. The van der Waals surface area contributed by atoms with E-state index >= 15 is 0 Å². The van der Waals surface area contributed by atoms with E-state index in [1.165, 1.54) is 0 Å². The largest absolute Gasteiger partial charge is 0.394 e. The quantitative estimate of drug-likeness (QED) is 0.461. The number of nitrogens with one attached hydrogen (secondary N) is 2. The number of thioether (sulfide) groups is 1. The van der Waals surface area contributed by atoms with Crippen molar-refractivity contribution < 1.29 is 19.5 Å². The standard InChI is InChI=1S/C31H39N3O4S/c1-18(2)22(17-35)34-26(28(37)33-25-19(3)10-9-11-20(25)4)31-15-14-30(5,39-31)23(24(31)29(34)38)27(36)32-16-21-12-7-6-8-13-21/h6-13,18,22-24,26,35H,14-17H2,1-5H3,(H,32,36)(H,33,37)/t22-,23+,24-,26?,30-,31?/m0/s1. The summed E-state index contributed by atoms with van der Waals surface area (Å²) in [6.45, 7) is 10.0. The van der Waals surface area contributed by atoms with Gasteiger partial charge in [0.15, 0.2) is 0 Å². The Balaban J connectivity index is 1.52. The lowest BCUT2D eigenvalue weighted by Crippen LogP contribution is -2.56. The third-order valence-electron chi connectivity index (χ3n) is 9.10. The van der Waals surface area contributed by atoms with Crippen molar-refractivity contribution in [3.05, 3.63) is 65.2 Å². The number of hydrogen-bond donors (Lipinski definition) is 3. The summed E-state index contributed by atoms with van der Waals surface area (Å²) in [6.07, 6.45) is 1.42. The van der Waals surface area contributed by atoms with Gasteiger partial charge in [0, 0.05) is 17.0 Å². The maximum atomic E-state index is 14.4. The van der Waals surface area contributed by atoms with Crippen LogP contribution in [0.5, 0.6) is 0 Å². The van der Waals surface area contributed by atoms with E-state index in [1.807, 2.05) is 76.2 Å². The van der Waals surface area contributed by atoms with Crippen LogP contribution in [0.25, 0.3) is 0 Å². The molecule has 2 unspecified atom stereocenters. The molecule has 2 aromatic carbocycles. The summed E-state index contributed by atoms with van der Waals surface area (Å²) < 4.78 is -1.18. The second-order valence-corrected chi connectivity index (χ2v) is 13.8. The molecule has 3 aliphatic heterocycles. The summed E-state index contributed by atoms with van der Waals surface area (Å²) in [6, 6.07) is 14.3. The molecule has 0 radical (unpaired) electrons. The van der Waals surface area contributed by atoms with Crippen molar-refractivity contribution in [1.29, 1.82) is 0 Å². The van der Waals surface area contributed by atoms with E-state index in [9.17, 15) is 19.5 Å². The van der Waals surface area contributed by atoms with Crippen LogP contribution in [0.15, 0.2) is 48.5 Å². The number of amides is 3. The number of benzene rings is 2. The Bertz CT molecular complexity index is 1260. The molecule has 39 heavy (non-hydrogen) atoms. The molecule has 3 amide bonds. The van der Waals surface area contributed by atoms with Crippen molar-refractivity contribution in [2.45, 2.75) is 75.6 Å². The van der Waals surface area contributed by atoms with E-state index in [-0.39, 0.29) is 30.2 Å². The normalized spacial score (nSPS) is 30.0. The maximum Gasteiger partial charge on any atom is 0.248 e. The molecule has 3 fully saturated rings. The van der Waals surface area contributed by atoms with Crippen molar-refractivity contribution >= 4 is 35.2 Å². The minimum absolute atomic E-state index is 0.0622. The zero-order valence-electron chi connectivity index (χ0n) is 23.4. The van der Waals surface area contributed by atoms with E-state index in [4.69, 9.17) is 0 Å². The molecule has 0 saturated carbocycles. The third-order valence-corrected chi connectivity index (χ3v) is 11.1. The molecule has 3 aliphatic rings. The Morgan fingerprint density at radius 3 is 2.33 bits per heavy atom. The zero-order chi connectivity index (χ0) is 28.1. The Labute approximate surface area is 235 Å². The van der Waals surface area contributed by atoms with Crippen molar-refractivity contribution in [2.75, 3.05) is 11.9 Å². The molecule has 208 valence electrons. The van der Waals surface area contributed by atoms with Gasteiger partial charge >= 0.3 is 0 Å². The summed E-state index contributed by atoms with van der Waals surface area (Å²) >= 11 is 1.65. The van der Waals surface area contributed by atoms with Gasteiger partial charge in [-0.1, -0.05) is 62.4 Å². The zero-order valence-corrected chi connectivity index (χ0v) is 24.2. The number of likely N-dealkylation sites (tertiary alicyclic amines) is 1. The van der Waals surface area contributed by atoms with Crippen molar-refractivity contribution in [1.82, 2.24) is 10.2 Å². The highest BCUT2D eigenvalue weighted by Gasteiger charge is 2.77. The van der Waals surface area contributed by atoms with Crippen molar-refractivity contribution in [2.24, 2.45) is 17.8 Å². The third kappa shape index (κ3) is 4.45. The van der Waals surface area contributed by atoms with E-state index in [2.05, 4.69) is 17.6 Å². The van der Waals surface area contributed by atoms with Crippen LogP contribution in [-0.2, 0) is 20.9 Å². The second kappa shape index (κ2) is 10.3. The van der Waals surface area contributed by atoms with Crippen LogP contribution in [0.1, 0.15) is 50.3 Å². The second-order valence-electron chi connectivity index (χ2n) is 11.9. The fourth-order valence-electron chi connectivity index (χ4n) is 7.14. The molecule has 8 heteroatoms. The lowest BCUT2D eigenvalue weighted by molar-refractivity contribution is -0.143. The highest BCUT2D eigenvalue weighted by Crippen LogP contribution is 2.71. The number of fused-ring (bicyclic) bond motifs is 1. The molecule has 2 aromatic rings. The Morgan fingerprint density at radius 2 is 1.72 bits per heavy atom. The summed E-state index contributed by atoms with van der Waals surface area (Å²) in [5.74, 6) is -1.83. The number of carbonyl (C=O) groups is 3. The lowest BCUT2D eigenvalue weighted by Gasteiger charge is -2.38. The first-order chi connectivity index (χ1) is 18.5. The molecule has 6 atom stereocenters. The fourth-order valence-corrected chi connectivity index (χ4v) is 9.48. The molecule has 2 bridgehead atoms. The highest BCUT2D eigenvalue weighted by atomic mass is 32.2. The monoisotopic (exact) mass is 549 g/mol. The average molecular weight is 550 g/mol. The van der Waals surface area contributed by atoms with E-state index in [0.717, 1.165) is 28.8 Å². The number of nitrogens with zero attached hydrogens (tertiary/aromatic N) is 1. The van der Waals surface area contributed by atoms with Gasteiger partial charge in [-0.3, -0.25) is 14.4 Å². The number of hydrogen-bond acceptors (Lipinski definition) is 5. The molecule has 1 spiro atoms. The summed E-state index contributed by atoms with van der Waals surface area (Å²) in [5.41, 5.74) is 3.64. The minimum Gasteiger partial charge on any atom is -0.394 e. The molecular formula is C31H39N3O4S. The maximum absolute atomic E-state index is 14.4. The van der Waals surface area contributed by atoms with Crippen molar-refractivity contribution in [3.8, 4) is 0 Å². The molecule has 0 aliphatic carbocycles. The van der Waals surface area contributed by atoms with Gasteiger partial charge in [-0.15, -0.1) is 11.8 Å². The molecule has 3 N–H and O–H groups in total. The van der Waals surface area contributed by atoms with Gasteiger partial charge < -0.3 is 20.6 Å². The minimum atomic E-state index is -0.785. The molecule has 3 saturated heterocycles. The Morgan fingerprint density at radius 1 is 1.05 bits per heavy atom. The van der Waals surface area contributed by atoms with Crippen LogP contribution in [0.2, 0.25) is 0 Å². The van der Waals surface area contributed by atoms with Crippen LogP contribution < -0.4 is 10.6 Å². The summed E-state index contributed by atoms with van der Waals surface area (Å²) in [7, 11) is 0. The van der Waals surface area contributed by atoms with E-state index in [0.29, 0.717) is 13.0 Å². The summed E-state index contributed by atoms with van der Waals surface area (Å²) in [4.78, 5) is 44.0. The van der Waals surface area contributed by atoms with Crippen LogP contribution >= 0.6 is 11.8 Å². The average Bonchev–Trinajstić information content (AvgIpc) is 3.47. The predicted molar refractivity (Wildman–Crippen MR) is 154 cm³/mol. The van der Waals surface area contributed by atoms with Gasteiger partial charge in [-0.2, -0.15) is 0 Å². The van der Waals surface area contributed by atoms with Crippen LogP contribution in [0.4, 0.5) is 5.69 Å². The number of carbonyl (C=O) groups excluding carboxylic acids is 3. The number of anilines is 1. The van der Waals surface area contributed by atoms with Gasteiger partial charge in [0.05, 0.1) is 29.2 Å². The highest BCUT2D eigenvalue weighted by molar-refractivity contribution is 8.02. The summed E-state index contributed by atoms with van der Waals surface area (Å²) in [5, 5.41) is 16.6.